The fraction of sp³-hybridized carbons (Fsp3) is 0.400. The summed E-state index contributed by atoms with van der Waals surface area (Å²) >= 11 is 0. The molecule has 2 aromatic carbocycles. The number of H-pyrrole nitrogens is 1. The van der Waals surface area contributed by atoms with Crippen molar-refractivity contribution >= 4 is 28.2 Å². The molecule has 0 aliphatic carbocycles. The zero-order valence-corrected chi connectivity index (χ0v) is 18.3. The second-order valence-corrected chi connectivity index (χ2v) is 8.86. The monoisotopic (exact) mass is 417 g/mol. The van der Waals surface area contributed by atoms with E-state index in [9.17, 15) is 4.79 Å². The summed E-state index contributed by atoms with van der Waals surface area (Å²) in [6, 6.07) is 17.0. The summed E-state index contributed by atoms with van der Waals surface area (Å²) in [5.41, 5.74) is 4.97. The molecule has 31 heavy (non-hydrogen) atoms. The molecule has 1 aromatic heterocycles. The molecule has 3 aromatic rings. The first-order valence-electron chi connectivity index (χ1n) is 11.2. The van der Waals surface area contributed by atoms with Crippen LogP contribution in [0.25, 0.3) is 10.9 Å². The molecular weight excluding hydrogens is 386 g/mol. The molecule has 1 saturated heterocycles. The number of benzene rings is 2. The van der Waals surface area contributed by atoms with Gasteiger partial charge in [-0.2, -0.15) is 0 Å². The smallest absolute Gasteiger partial charge is 0.241 e. The van der Waals surface area contributed by atoms with Gasteiger partial charge in [-0.3, -0.25) is 9.69 Å². The van der Waals surface area contributed by atoms with Crippen LogP contribution >= 0.6 is 0 Å². The molecule has 2 N–H and O–H groups in total. The van der Waals surface area contributed by atoms with Gasteiger partial charge in [0.2, 0.25) is 5.91 Å². The number of fused-ring (bicyclic) bond motifs is 2. The summed E-state index contributed by atoms with van der Waals surface area (Å²) in [7, 11) is 3.74. The molecule has 0 radical (unpaired) electrons. The third kappa shape index (κ3) is 3.76. The second kappa shape index (κ2) is 8.27. The van der Waals surface area contributed by atoms with E-state index in [1.165, 1.54) is 27.8 Å². The molecule has 6 nitrogen and oxygen atoms in total. The number of carbonyl (C=O) groups is 1. The van der Waals surface area contributed by atoms with Crippen LogP contribution in [0.3, 0.4) is 0 Å². The molecule has 0 saturated carbocycles. The van der Waals surface area contributed by atoms with Crippen LogP contribution in [0.2, 0.25) is 0 Å². The van der Waals surface area contributed by atoms with Crippen LogP contribution in [-0.2, 0) is 11.2 Å². The number of aromatic nitrogens is 1. The largest absolute Gasteiger partial charge is 0.380 e. The van der Waals surface area contributed by atoms with E-state index < -0.39 is 0 Å². The average Bonchev–Trinajstić information content (AvgIpc) is 3.29. The van der Waals surface area contributed by atoms with E-state index in [-0.39, 0.29) is 18.0 Å². The van der Waals surface area contributed by atoms with Crippen LogP contribution in [0.4, 0.5) is 11.4 Å². The SMILES string of the molecule is CN(C)C(=O)C(C1CCc2ccccc2N1)N1CCN(c2cccc3[nH]ccc23)CC1. The van der Waals surface area contributed by atoms with Gasteiger partial charge in [0.25, 0.3) is 0 Å². The molecule has 2 aliphatic heterocycles. The van der Waals surface area contributed by atoms with E-state index >= 15 is 0 Å². The van der Waals surface area contributed by atoms with Crippen molar-refractivity contribution < 1.29 is 4.79 Å². The average molecular weight is 418 g/mol. The van der Waals surface area contributed by atoms with E-state index in [0.29, 0.717) is 0 Å². The lowest BCUT2D eigenvalue weighted by molar-refractivity contribution is -0.135. The first-order chi connectivity index (χ1) is 15.1. The number of para-hydroxylation sites is 1. The highest BCUT2D eigenvalue weighted by Gasteiger charge is 2.38. The van der Waals surface area contributed by atoms with Crippen molar-refractivity contribution in [1.82, 2.24) is 14.8 Å². The van der Waals surface area contributed by atoms with Crippen molar-refractivity contribution in [2.45, 2.75) is 24.9 Å². The maximum atomic E-state index is 13.3. The molecule has 0 spiro atoms. The van der Waals surface area contributed by atoms with Crippen molar-refractivity contribution in [1.29, 1.82) is 0 Å². The summed E-state index contributed by atoms with van der Waals surface area (Å²) in [5, 5.41) is 4.95. The number of aryl methyl sites for hydroxylation is 1. The Kier molecular flexibility index (Phi) is 5.32. The van der Waals surface area contributed by atoms with Crippen LogP contribution in [0, 0.1) is 0 Å². The number of nitrogens with one attached hydrogen (secondary N) is 2. The molecule has 2 atom stereocenters. The first-order valence-corrected chi connectivity index (χ1v) is 11.2. The van der Waals surface area contributed by atoms with Crippen molar-refractivity contribution in [3.05, 3.63) is 60.3 Å². The number of nitrogens with zero attached hydrogens (tertiary/aromatic N) is 3. The Bertz CT molecular complexity index is 1070. The van der Waals surface area contributed by atoms with Crippen molar-refractivity contribution in [3.63, 3.8) is 0 Å². The van der Waals surface area contributed by atoms with E-state index in [4.69, 9.17) is 0 Å². The number of likely N-dealkylation sites (N-methyl/N-ethyl adjacent to an activating group) is 1. The highest BCUT2D eigenvalue weighted by molar-refractivity contribution is 5.92. The molecular formula is C25H31N5O. The van der Waals surface area contributed by atoms with E-state index in [1.54, 1.807) is 4.90 Å². The normalized spacial score (nSPS) is 20.2. The summed E-state index contributed by atoms with van der Waals surface area (Å²) in [6.07, 6.45) is 3.99. The molecule has 3 heterocycles. The zero-order chi connectivity index (χ0) is 21.4. The van der Waals surface area contributed by atoms with Gasteiger partial charge in [-0.1, -0.05) is 24.3 Å². The number of aromatic amines is 1. The number of piperazine rings is 1. The van der Waals surface area contributed by atoms with Crippen LogP contribution in [-0.4, -0.2) is 73.0 Å². The number of hydrogen-bond donors (Lipinski definition) is 2. The van der Waals surface area contributed by atoms with Gasteiger partial charge in [0.1, 0.15) is 6.04 Å². The van der Waals surface area contributed by atoms with Gasteiger partial charge in [-0.15, -0.1) is 0 Å². The molecule has 2 unspecified atom stereocenters. The summed E-state index contributed by atoms with van der Waals surface area (Å²) < 4.78 is 0. The van der Waals surface area contributed by atoms with Gasteiger partial charge in [0.05, 0.1) is 6.04 Å². The molecule has 162 valence electrons. The summed E-state index contributed by atoms with van der Waals surface area (Å²) in [6.45, 7) is 3.60. The number of amides is 1. The maximum Gasteiger partial charge on any atom is 0.241 e. The Hall–Kier alpha value is -2.99. The minimum atomic E-state index is -0.145. The van der Waals surface area contributed by atoms with Crippen LogP contribution in [0.15, 0.2) is 54.7 Å². The standard InChI is InChI=1S/C25H31N5O/c1-28(2)25(31)24(22-11-10-18-6-3-4-7-20(18)27-22)30-16-14-29(15-17-30)23-9-5-8-21-19(23)12-13-26-21/h3-9,12-13,22,24,26-27H,10-11,14-17H2,1-2H3. The fourth-order valence-corrected chi connectivity index (χ4v) is 5.13. The molecule has 5 rings (SSSR count). The van der Waals surface area contributed by atoms with E-state index in [2.05, 4.69) is 68.6 Å². The number of rotatable bonds is 4. The molecule has 6 heteroatoms. The topological polar surface area (TPSA) is 54.6 Å². The van der Waals surface area contributed by atoms with E-state index in [0.717, 1.165) is 39.0 Å². The first kappa shape index (κ1) is 19.9. The molecule has 2 aliphatic rings. The van der Waals surface area contributed by atoms with Gasteiger partial charge in [0.15, 0.2) is 0 Å². The molecule has 1 fully saturated rings. The fourth-order valence-electron chi connectivity index (χ4n) is 5.13. The quantitative estimate of drug-likeness (QED) is 0.685. The Labute approximate surface area is 183 Å². The van der Waals surface area contributed by atoms with Crippen molar-refractivity contribution in [2.24, 2.45) is 0 Å². The van der Waals surface area contributed by atoms with Gasteiger partial charge < -0.3 is 20.1 Å². The number of hydrogen-bond acceptors (Lipinski definition) is 4. The Balaban J connectivity index is 1.34. The third-order valence-electron chi connectivity index (χ3n) is 6.78. The minimum Gasteiger partial charge on any atom is -0.380 e. The lowest BCUT2D eigenvalue weighted by Gasteiger charge is -2.44. The third-order valence-corrected chi connectivity index (χ3v) is 6.78. The molecule has 1 amide bonds. The van der Waals surface area contributed by atoms with Crippen molar-refractivity contribution in [3.8, 4) is 0 Å². The number of carbonyl (C=O) groups excluding carboxylic acids is 1. The van der Waals surface area contributed by atoms with E-state index in [1.807, 2.05) is 20.3 Å². The van der Waals surface area contributed by atoms with Gasteiger partial charge in [-0.05, 0) is 42.7 Å². The predicted octanol–water partition coefficient (Wildman–Crippen LogP) is 3.17. The zero-order valence-electron chi connectivity index (χ0n) is 18.3. The summed E-state index contributed by atoms with van der Waals surface area (Å²) in [5.74, 6) is 0.193. The maximum absolute atomic E-state index is 13.3. The Morgan fingerprint density at radius 2 is 1.84 bits per heavy atom. The van der Waals surface area contributed by atoms with Crippen LogP contribution in [0.1, 0.15) is 12.0 Å². The van der Waals surface area contributed by atoms with Gasteiger partial charge >= 0.3 is 0 Å². The highest BCUT2D eigenvalue weighted by atomic mass is 16.2. The van der Waals surface area contributed by atoms with Crippen LogP contribution < -0.4 is 10.2 Å². The lowest BCUT2D eigenvalue weighted by Crippen LogP contribution is -2.60. The predicted molar refractivity (Wildman–Crippen MR) is 127 cm³/mol. The summed E-state index contributed by atoms with van der Waals surface area (Å²) in [4.78, 5) is 23.2. The lowest BCUT2D eigenvalue weighted by atomic mass is 9.91. The van der Waals surface area contributed by atoms with Gasteiger partial charge in [-0.25, -0.2) is 0 Å². The van der Waals surface area contributed by atoms with Gasteiger partial charge in [0, 0.05) is 68.7 Å². The van der Waals surface area contributed by atoms with Crippen molar-refractivity contribution in [2.75, 3.05) is 50.5 Å². The Morgan fingerprint density at radius 3 is 2.65 bits per heavy atom. The Morgan fingerprint density at radius 1 is 1.03 bits per heavy atom. The van der Waals surface area contributed by atoms with Crippen LogP contribution in [0.5, 0.6) is 0 Å². The minimum absolute atomic E-state index is 0.129. The molecule has 0 bridgehead atoms. The highest BCUT2D eigenvalue weighted by Crippen LogP contribution is 2.30. The second-order valence-electron chi connectivity index (χ2n) is 8.86. The number of anilines is 2.